The molecule has 5 nitrogen and oxygen atoms in total. The topological polar surface area (TPSA) is 70.5 Å². The molecular formula is C13H20N2O3S. The molecule has 2 rings (SSSR count). The highest BCUT2D eigenvalue weighted by molar-refractivity contribution is 7.91. The maximum absolute atomic E-state index is 11.5. The van der Waals surface area contributed by atoms with Gasteiger partial charge in [-0.1, -0.05) is 6.07 Å². The molecule has 19 heavy (non-hydrogen) atoms. The fraction of sp³-hybridized carbons (Fsp3) is 0.615. The number of nitrogens with zero attached hydrogens (tertiary/aromatic N) is 2. The Morgan fingerprint density at radius 1 is 1.42 bits per heavy atom. The summed E-state index contributed by atoms with van der Waals surface area (Å²) < 4.78 is 23.0. The number of likely N-dealkylation sites (N-methyl/N-ethyl adjacent to an activating group) is 1. The number of hydrogen-bond acceptors (Lipinski definition) is 5. The Morgan fingerprint density at radius 2 is 2.16 bits per heavy atom. The van der Waals surface area contributed by atoms with Gasteiger partial charge in [0.1, 0.15) is 0 Å². The summed E-state index contributed by atoms with van der Waals surface area (Å²) in [4.78, 5) is 6.33. The van der Waals surface area contributed by atoms with Gasteiger partial charge in [0, 0.05) is 24.4 Å². The summed E-state index contributed by atoms with van der Waals surface area (Å²) in [5, 5.41) is 9.80. The van der Waals surface area contributed by atoms with Crippen LogP contribution in [-0.2, 0) is 16.3 Å². The van der Waals surface area contributed by atoms with Crippen LogP contribution in [0.15, 0.2) is 18.2 Å². The molecule has 2 heterocycles. The fourth-order valence-electron chi connectivity index (χ4n) is 2.43. The molecule has 1 aromatic heterocycles. The van der Waals surface area contributed by atoms with E-state index in [9.17, 15) is 13.5 Å². The molecule has 6 heteroatoms. The lowest BCUT2D eigenvalue weighted by molar-refractivity contribution is 0.100. The van der Waals surface area contributed by atoms with Crippen LogP contribution in [0.1, 0.15) is 11.4 Å². The molecule has 0 saturated carbocycles. The first kappa shape index (κ1) is 14.4. The third kappa shape index (κ3) is 3.75. The first-order valence-electron chi connectivity index (χ1n) is 6.39. The first-order valence-corrected chi connectivity index (χ1v) is 8.21. The summed E-state index contributed by atoms with van der Waals surface area (Å²) in [5.74, 6) is -0.0728. The van der Waals surface area contributed by atoms with Gasteiger partial charge in [0.05, 0.1) is 23.7 Å². The number of pyridine rings is 1. The number of aryl methyl sites for hydroxylation is 1. The van der Waals surface area contributed by atoms with Crippen LogP contribution in [0.25, 0.3) is 0 Å². The number of rotatable bonds is 4. The number of aromatic nitrogens is 1. The van der Waals surface area contributed by atoms with Gasteiger partial charge in [-0.3, -0.25) is 9.88 Å². The van der Waals surface area contributed by atoms with Crippen LogP contribution < -0.4 is 0 Å². The molecule has 0 bridgehead atoms. The largest absolute Gasteiger partial charge is 0.390 e. The van der Waals surface area contributed by atoms with Crippen LogP contribution in [0.5, 0.6) is 0 Å². The summed E-state index contributed by atoms with van der Waals surface area (Å²) >= 11 is 0. The minimum absolute atomic E-state index is 0.0475. The molecule has 0 spiro atoms. The van der Waals surface area contributed by atoms with Crippen LogP contribution in [0, 0.1) is 6.92 Å². The molecule has 0 aromatic carbocycles. The van der Waals surface area contributed by atoms with Crippen molar-refractivity contribution in [2.24, 2.45) is 0 Å². The van der Waals surface area contributed by atoms with Crippen molar-refractivity contribution in [2.45, 2.75) is 25.5 Å². The molecule has 1 aliphatic rings. The zero-order valence-electron chi connectivity index (χ0n) is 11.3. The van der Waals surface area contributed by atoms with Crippen molar-refractivity contribution in [3.05, 3.63) is 29.6 Å². The Morgan fingerprint density at radius 3 is 2.74 bits per heavy atom. The van der Waals surface area contributed by atoms with Crippen molar-refractivity contribution < 1.29 is 13.5 Å². The van der Waals surface area contributed by atoms with Gasteiger partial charge in [0.15, 0.2) is 9.84 Å². The SMILES string of the molecule is Cc1cccc(CCN(C)[C@@H]2CS(=O)(=O)C[C@H]2O)n1. The summed E-state index contributed by atoms with van der Waals surface area (Å²) in [6, 6.07) is 5.57. The molecule has 0 amide bonds. The second-order valence-corrected chi connectivity index (χ2v) is 7.37. The molecular weight excluding hydrogens is 264 g/mol. The van der Waals surface area contributed by atoms with E-state index in [1.54, 1.807) is 0 Å². The summed E-state index contributed by atoms with van der Waals surface area (Å²) in [6.07, 6.45) is -0.0259. The second-order valence-electron chi connectivity index (χ2n) is 5.21. The lowest BCUT2D eigenvalue weighted by atomic mass is 10.1. The molecule has 106 valence electrons. The van der Waals surface area contributed by atoms with E-state index < -0.39 is 15.9 Å². The highest BCUT2D eigenvalue weighted by Crippen LogP contribution is 2.17. The molecule has 0 unspecified atom stereocenters. The Hall–Kier alpha value is -0.980. The van der Waals surface area contributed by atoms with Crippen LogP contribution in [-0.4, -0.2) is 60.7 Å². The molecule has 1 aromatic rings. The van der Waals surface area contributed by atoms with E-state index in [0.717, 1.165) is 17.8 Å². The van der Waals surface area contributed by atoms with Gasteiger partial charge in [-0.2, -0.15) is 0 Å². The van der Waals surface area contributed by atoms with E-state index in [4.69, 9.17) is 0 Å². The number of aliphatic hydroxyl groups excluding tert-OH is 1. The molecule has 0 aliphatic carbocycles. The van der Waals surface area contributed by atoms with E-state index in [-0.39, 0.29) is 17.5 Å². The average Bonchev–Trinajstić information content (AvgIpc) is 2.60. The van der Waals surface area contributed by atoms with Crippen LogP contribution in [0.3, 0.4) is 0 Å². The molecule has 0 radical (unpaired) electrons. The van der Waals surface area contributed by atoms with Crippen LogP contribution in [0.4, 0.5) is 0 Å². The van der Waals surface area contributed by atoms with Crippen LogP contribution >= 0.6 is 0 Å². The Balaban J connectivity index is 1.93. The highest BCUT2D eigenvalue weighted by atomic mass is 32.2. The third-order valence-corrected chi connectivity index (χ3v) is 5.23. The molecule has 1 fully saturated rings. The van der Waals surface area contributed by atoms with Crippen molar-refractivity contribution in [1.82, 2.24) is 9.88 Å². The standard InChI is InChI=1S/C13H20N2O3S/c1-10-4-3-5-11(14-10)6-7-15(2)12-8-19(17,18)9-13(12)16/h3-5,12-13,16H,6-9H2,1-2H3/t12-,13-/m1/s1. The highest BCUT2D eigenvalue weighted by Gasteiger charge is 2.38. The van der Waals surface area contributed by atoms with E-state index >= 15 is 0 Å². The number of hydrogen-bond donors (Lipinski definition) is 1. The van der Waals surface area contributed by atoms with Gasteiger partial charge in [-0.25, -0.2) is 8.42 Å². The number of sulfone groups is 1. The van der Waals surface area contributed by atoms with Crippen molar-refractivity contribution >= 4 is 9.84 Å². The predicted molar refractivity (Wildman–Crippen MR) is 73.8 cm³/mol. The van der Waals surface area contributed by atoms with E-state index in [0.29, 0.717) is 6.54 Å². The summed E-state index contributed by atoms with van der Waals surface area (Å²) in [7, 11) is -1.23. The molecule has 2 atom stereocenters. The van der Waals surface area contributed by atoms with Gasteiger partial charge in [0.25, 0.3) is 0 Å². The van der Waals surface area contributed by atoms with Crippen molar-refractivity contribution in [1.29, 1.82) is 0 Å². The maximum Gasteiger partial charge on any atom is 0.154 e. The summed E-state index contributed by atoms with van der Waals surface area (Å²) in [5.41, 5.74) is 1.96. The van der Waals surface area contributed by atoms with Gasteiger partial charge in [-0.15, -0.1) is 0 Å². The first-order chi connectivity index (χ1) is 8.87. The van der Waals surface area contributed by atoms with Gasteiger partial charge >= 0.3 is 0 Å². The van der Waals surface area contributed by atoms with E-state index in [1.807, 2.05) is 37.1 Å². The normalized spacial score (nSPS) is 25.9. The zero-order valence-corrected chi connectivity index (χ0v) is 12.1. The lowest BCUT2D eigenvalue weighted by Gasteiger charge is -2.25. The quantitative estimate of drug-likeness (QED) is 0.844. The Kier molecular flexibility index (Phi) is 4.23. The monoisotopic (exact) mass is 284 g/mol. The van der Waals surface area contributed by atoms with Crippen molar-refractivity contribution in [2.75, 3.05) is 25.1 Å². The van der Waals surface area contributed by atoms with Gasteiger partial charge in [0.2, 0.25) is 0 Å². The van der Waals surface area contributed by atoms with E-state index in [1.165, 1.54) is 0 Å². The minimum Gasteiger partial charge on any atom is -0.390 e. The van der Waals surface area contributed by atoms with Crippen LogP contribution in [0.2, 0.25) is 0 Å². The lowest BCUT2D eigenvalue weighted by Crippen LogP contribution is -2.41. The minimum atomic E-state index is -3.09. The van der Waals surface area contributed by atoms with Crippen molar-refractivity contribution in [3.8, 4) is 0 Å². The molecule has 1 N–H and O–H groups in total. The zero-order chi connectivity index (χ0) is 14.0. The fourth-order valence-corrected chi connectivity index (χ4v) is 4.30. The second kappa shape index (κ2) is 5.56. The Labute approximate surface area is 114 Å². The van der Waals surface area contributed by atoms with Gasteiger partial charge in [-0.05, 0) is 26.1 Å². The number of aliphatic hydroxyl groups is 1. The molecule has 1 saturated heterocycles. The van der Waals surface area contributed by atoms with E-state index in [2.05, 4.69) is 4.98 Å². The predicted octanol–water partition coefficient (Wildman–Crippen LogP) is 0.0222. The summed E-state index contributed by atoms with van der Waals surface area (Å²) in [6.45, 7) is 2.63. The average molecular weight is 284 g/mol. The smallest absolute Gasteiger partial charge is 0.154 e. The van der Waals surface area contributed by atoms with Crippen molar-refractivity contribution in [3.63, 3.8) is 0 Å². The molecule has 1 aliphatic heterocycles. The third-order valence-electron chi connectivity index (χ3n) is 3.53. The van der Waals surface area contributed by atoms with Gasteiger partial charge < -0.3 is 5.11 Å². The Bertz CT molecular complexity index is 545. The maximum atomic E-state index is 11.5.